The number of benzene rings is 1. The Morgan fingerprint density at radius 3 is 2.67 bits per heavy atom. The van der Waals surface area contributed by atoms with E-state index >= 15 is 0 Å². The molecular formula is C18H27NO2. The lowest BCUT2D eigenvalue weighted by molar-refractivity contribution is -0.150. The topological polar surface area (TPSA) is 30.5 Å². The number of nitrogens with one attached hydrogen (secondary N) is 1. The van der Waals surface area contributed by atoms with Crippen molar-refractivity contribution in [1.29, 1.82) is 0 Å². The van der Waals surface area contributed by atoms with Crippen LogP contribution in [0.2, 0.25) is 0 Å². The smallest absolute Gasteiger partial charge is 0.0729 e. The van der Waals surface area contributed by atoms with Gasteiger partial charge in [0.25, 0.3) is 0 Å². The second-order valence-electron chi connectivity index (χ2n) is 6.34. The third-order valence-corrected chi connectivity index (χ3v) is 4.99. The van der Waals surface area contributed by atoms with Gasteiger partial charge in [-0.3, -0.25) is 0 Å². The molecule has 0 bridgehead atoms. The van der Waals surface area contributed by atoms with Crippen LogP contribution >= 0.6 is 0 Å². The Labute approximate surface area is 128 Å². The summed E-state index contributed by atoms with van der Waals surface area (Å²) in [7, 11) is 0. The standard InChI is InChI=1S/C18H27NO2/c1-2-19-17(15-6-4-3-5-7-15)16-8-11-21-18(14-16)9-12-20-13-10-18/h3-7,16-17,19H,2,8-14H2,1H3. The predicted octanol–water partition coefficient (Wildman–Crippen LogP) is 3.31. The van der Waals surface area contributed by atoms with Crippen molar-refractivity contribution >= 4 is 0 Å². The van der Waals surface area contributed by atoms with Crippen LogP contribution < -0.4 is 5.32 Å². The van der Waals surface area contributed by atoms with Gasteiger partial charge < -0.3 is 14.8 Å². The molecule has 2 atom stereocenters. The first kappa shape index (κ1) is 15.0. The van der Waals surface area contributed by atoms with Crippen molar-refractivity contribution < 1.29 is 9.47 Å². The Balaban J connectivity index is 1.76. The van der Waals surface area contributed by atoms with E-state index in [9.17, 15) is 0 Å². The van der Waals surface area contributed by atoms with Gasteiger partial charge in [0.05, 0.1) is 5.60 Å². The van der Waals surface area contributed by atoms with Gasteiger partial charge in [-0.05, 0) is 43.7 Å². The maximum absolute atomic E-state index is 6.19. The molecule has 1 N–H and O–H groups in total. The molecule has 0 radical (unpaired) electrons. The van der Waals surface area contributed by atoms with Crippen LogP contribution in [0, 0.1) is 5.92 Å². The molecule has 2 aliphatic heterocycles. The Morgan fingerprint density at radius 2 is 1.95 bits per heavy atom. The van der Waals surface area contributed by atoms with E-state index in [1.807, 2.05) is 0 Å². The van der Waals surface area contributed by atoms with Crippen LogP contribution in [0.5, 0.6) is 0 Å². The molecule has 2 fully saturated rings. The fraction of sp³-hybridized carbons (Fsp3) is 0.667. The summed E-state index contributed by atoms with van der Waals surface area (Å²) in [5.41, 5.74) is 1.48. The van der Waals surface area contributed by atoms with Gasteiger partial charge in [-0.25, -0.2) is 0 Å². The molecule has 0 aromatic heterocycles. The molecule has 0 amide bonds. The summed E-state index contributed by atoms with van der Waals surface area (Å²) in [6.45, 7) is 5.79. The van der Waals surface area contributed by atoms with E-state index in [4.69, 9.17) is 9.47 Å². The highest BCUT2D eigenvalue weighted by Gasteiger charge is 2.41. The summed E-state index contributed by atoms with van der Waals surface area (Å²) >= 11 is 0. The zero-order valence-corrected chi connectivity index (χ0v) is 13.0. The number of hydrogen-bond donors (Lipinski definition) is 1. The molecule has 2 heterocycles. The van der Waals surface area contributed by atoms with Gasteiger partial charge in [0.2, 0.25) is 0 Å². The third-order valence-electron chi connectivity index (χ3n) is 4.99. The quantitative estimate of drug-likeness (QED) is 0.922. The first-order valence-electron chi connectivity index (χ1n) is 8.33. The zero-order chi connectivity index (χ0) is 14.5. The summed E-state index contributed by atoms with van der Waals surface area (Å²) in [6, 6.07) is 11.3. The molecular weight excluding hydrogens is 262 g/mol. The highest BCUT2D eigenvalue weighted by Crippen LogP contribution is 2.41. The van der Waals surface area contributed by atoms with Gasteiger partial charge in [-0.15, -0.1) is 0 Å². The second-order valence-corrected chi connectivity index (χ2v) is 6.34. The molecule has 3 nitrogen and oxygen atoms in total. The Kier molecular flexibility index (Phi) is 4.94. The summed E-state index contributed by atoms with van der Waals surface area (Å²) in [4.78, 5) is 0. The lowest BCUT2D eigenvalue weighted by Gasteiger charge is -2.45. The van der Waals surface area contributed by atoms with E-state index < -0.39 is 0 Å². The number of hydrogen-bond acceptors (Lipinski definition) is 3. The minimum absolute atomic E-state index is 0.0730. The molecule has 116 valence electrons. The normalized spacial score (nSPS) is 26.6. The van der Waals surface area contributed by atoms with E-state index in [1.54, 1.807) is 0 Å². The van der Waals surface area contributed by atoms with Crippen LogP contribution in [-0.4, -0.2) is 32.0 Å². The van der Waals surface area contributed by atoms with Crippen molar-refractivity contribution in [2.75, 3.05) is 26.4 Å². The predicted molar refractivity (Wildman–Crippen MR) is 84.3 cm³/mol. The fourth-order valence-electron chi connectivity index (χ4n) is 3.88. The largest absolute Gasteiger partial charge is 0.381 e. The minimum atomic E-state index is 0.0730. The van der Waals surface area contributed by atoms with Crippen LogP contribution in [0.1, 0.15) is 44.2 Å². The first-order chi connectivity index (χ1) is 10.3. The molecule has 1 aromatic rings. The molecule has 1 spiro atoms. The van der Waals surface area contributed by atoms with Crippen LogP contribution in [-0.2, 0) is 9.47 Å². The Morgan fingerprint density at radius 1 is 1.19 bits per heavy atom. The molecule has 2 unspecified atom stereocenters. The van der Waals surface area contributed by atoms with Crippen molar-refractivity contribution in [3.8, 4) is 0 Å². The number of rotatable bonds is 4. The third kappa shape index (κ3) is 3.47. The molecule has 2 saturated heterocycles. The van der Waals surface area contributed by atoms with Gasteiger partial charge in [0.1, 0.15) is 0 Å². The SMILES string of the molecule is CCNC(c1ccccc1)C1CCOC2(CCOCC2)C1. The van der Waals surface area contributed by atoms with Crippen LogP contribution in [0.3, 0.4) is 0 Å². The van der Waals surface area contributed by atoms with Gasteiger partial charge >= 0.3 is 0 Å². The molecule has 1 aromatic carbocycles. The Bertz CT molecular complexity index is 423. The van der Waals surface area contributed by atoms with E-state index in [-0.39, 0.29) is 5.60 Å². The molecule has 0 aliphatic carbocycles. The average molecular weight is 289 g/mol. The van der Waals surface area contributed by atoms with Gasteiger partial charge in [-0.1, -0.05) is 37.3 Å². The second kappa shape index (κ2) is 6.91. The van der Waals surface area contributed by atoms with Crippen LogP contribution in [0.4, 0.5) is 0 Å². The number of ether oxygens (including phenoxy) is 2. The molecule has 21 heavy (non-hydrogen) atoms. The lowest BCUT2D eigenvalue weighted by atomic mass is 9.76. The van der Waals surface area contributed by atoms with Crippen molar-refractivity contribution in [2.45, 2.75) is 44.2 Å². The maximum atomic E-state index is 6.19. The minimum Gasteiger partial charge on any atom is -0.381 e. The summed E-state index contributed by atoms with van der Waals surface area (Å²) in [6.07, 6.45) is 4.41. The van der Waals surface area contributed by atoms with Crippen molar-refractivity contribution in [3.05, 3.63) is 35.9 Å². The summed E-state index contributed by atoms with van der Waals surface area (Å²) < 4.78 is 11.7. The molecule has 3 heteroatoms. The van der Waals surface area contributed by atoms with E-state index in [0.717, 1.165) is 52.0 Å². The monoisotopic (exact) mass is 289 g/mol. The van der Waals surface area contributed by atoms with Crippen molar-refractivity contribution in [1.82, 2.24) is 5.32 Å². The molecule has 3 rings (SSSR count). The molecule has 0 saturated carbocycles. The maximum Gasteiger partial charge on any atom is 0.0729 e. The van der Waals surface area contributed by atoms with Crippen molar-refractivity contribution in [2.24, 2.45) is 5.92 Å². The van der Waals surface area contributed by atoms with Crippen LogP contribution in [0.15, 0.2) is 30.3 Å². The van der Waals surface area contributed by atoms with Gasteiger partial charge in [0, 0.05) is 25.9 Å². The highest BCUT2D eigenvalue weighted by atomic mass is 16.5. The van der Waals surface area contributed by atoms with Gasteiger partial charge in [-0.2, -0.15) is 0 Å². The van der Waals surface area contributed by atoms with E-state index in [0.29, 0.717) is 12.0 Å². The van der Waals surface area contributed by atoms with E-state index in [2.05, 4.69) is 42.6 Å². The first-order valence-corrected chi connectivity index (χ1v) is 8.33. The summed E-state index contributed by atoms with van der Waals surface area (Å²) in [5.74, 6) is 0.652. The summed E-state index contributed by atoms with van der Waals surface area (Å²) in [5, 5.41) is 3.70. The van der Waals surface area contributed by atoms with Crippen LogP contribution in [0.25, 0.3) is 0 Å². The lowest BCUT2D eigenvalue weighted by Crippen LogP contribution is -2.47. The zero-order valence-electron chi connectivity index (χ0n) is 13.0. The molecule has 2 aliphatic rings. The van der Waals surface area contributed by atoms with Gasteiger partial charge in [0.15, 0.2) is 0 Å². The van der Waals surface area contributed by atoms with Crippen molar-refractivity contribution in [3.63, 3.8) is 0 Å². The Hall–Kier alpha value is -0.900. The fourth-order valence-corrected chi connectivity index (χ4v) is 3.88. The highest BCUT2D eigenvalue weighted by molar-refractivity contribution is 5.20. The van der Waals surface area contributed by atoms with E-state index in [1.165, 1.54) is 5.56 Å². The average Bonchev–Trinajstić information content (AvgIpc) is 2.54.